The number of carbonyl (C=O) groups excluding carboxylic acids is 1. The maximum atomic E-state index is 14.2. The molecule has 148 valence electrons. The van der Waals surface area contributed by atoms with Crippen LogP contribution in [-0.2, 0) is 10.0 Å². The predicted molar refractivity (Wildman–Crippen MR) is 98.5 cm³/mol. The van der Waals surface area contributed by atoms with Crippen molar-refractivity contribution >= 4 is 15.9 Å². The van der Waals surface area contributed by atoms with E-state index in [0.29, 0.717) is 11.1 Å². The number of rotatable bonds is 2. The van der Waals surface area contributed by atoms with Gasteiger partial charge in [-0.15, -0.1) is 0 Å². The van der Waals surface area contributed by atoms with Gasteiger partial charge < -0.3 is 9.64 Å². The van der Waals surface area contributed by atoms with Crippen molar-refractivity contribution in [3.05, 3.63) is 53.6 Å². The molecule has 0 saturated carbocycles. The van der Waals surface area contributed by atoms with Crippen LogP contribution < -0.4 is 4.74 Å². The second-order valence-corrected chi connectivity index (χ2v) is 9.04. The van der Waals surface area contributed by atoms with E-state index in [-0.39, 0.29) is 30.3 Å². The summed E-state index contributed by atoms with van der Waals surface area (Å²) in [6, 6.07) is 7.48. The lowest BCUT2D eigenvalue weighted by molar-refractivity contribution is 0.0683. The number of hydrogen-bond acceptors (Lipinski definition) is 4. The zero-order valence-electron chi connectivity index (χ0n) is 15.2. The summed E-state index contributed by atoms with van der Waals surface area (Å²) in [6.45, 7) is 0.273. The molecule has 28 heavy (non-hydrogen) atoms. The monoisotopic (exact) mass is 408 g/mol. The first-order valence-electron chi connectivity index (χ1n) is 8.63. The van der Waals surface area contributed by atoms with Crippen molar-refractivity contribution in [1.29, 1.82) is 0 Å². The lowest BCUT2D eigenvalue weighted by atomic mass is 10.0. The highest BCUT2D eigenvalue weighted by molar-refractivity contribution is 7.88. The molecule has 0 bridgehead atoms. The Balaban J connectivity index is 1.74. The molecule has 9 heteroatoms. The van der Waals surface area contributed by atoms with Crippen LogP contribution in [0.25, 0.3) is 11.1 Å². The summed E-state index contributed by atoms with van der Waals surface area (Å²) in [4.78, 5) is 14.3. The van der Waals surface area contributed by atoms with Crippen molar-refractivity contribution in [2.24, 2.45) is 0 Å². The molecular formula is C19H18F2N2O4S. The maximum absolute atomic E-state index is 14.2. The fourth-order valence-electron chi connectivity index (χ4n) is 3.67. The van der Waals surface area contributed by atoms with E-state index in [1.165, 1.54) is 21.3 Å². The molecule has 1 saturated heterocycles. The van der Waals surface area contributed by atoms with Gasteiger partial charge in [-0.2, -0.15) is 4.31 Å². The minimum Gasteiger partial charge on any atom is -0.486 e. The van der Waals surface area contributed by atoms with Crippen LogP contribution in [0, 0.1) is 11.6 Å². The quantitative estimate of drug-likeness (QED) is 0.764. The second-order valence-electron chi connectivity index (χ2n) is 7.05. The van der Waals surface area contributed by atoms with Crippen molar-refractivity contribution in [1.82, 2.24) is 9.21 Å². The summed E-state index contributed by atoms with van der Waals surface area (Å²) in [5.74, 6) is -1.46. The van der Waals surface area contributed by atoms with E-state index >= 15 is 0 Å². The largest absolute Gasteiger partial charge is 0.486 e. The van der Waals surface area contributed by atoms with Crippen LogP contribution in [0.4, 0.5) is 8.78 Å². The second kappa shape index (κ2) is 6.52. The maximum Gasteiger partial charge on any atom is 0.257 e. The average molecular weight is 408 g/mol. The number of halogens is 2. The molecule has 1 fully saturated rings. The van der Waals surface area contributed by atoms with E-state index in [1.54, 1.807) is 19.2 Å². The van der Waals surface area contributed by atoms with Gasteiger partial charge in [0.2, 0.25) is 10.0 Å². The van der Waals surface area contributed by atoms with E-state index in [4.69, 9.17) is 4.74 Å². The molecule has 0 aliphatic carbocycles. The van der Waals surface area contributed by atoms with E-state index in [1.807, 2.05) is 0 Å². The van der Waals surface area contributed by atoms with Crippen molar-refractivity contribution in [2.75, 3.05) is 26.4 Å². The lowest BCUT2D eigenvalue weighted by Gasteiger charge is -2.25. The molecule has 0 N–H and O–H groups in total. The Hall–Kier alpha value is -2.52. The third-order valence-corrected chi connectivity index (χ3v) is 6.46. The van der Waals surface area contributed by atoms with E-state index < -0.39 is 33.8 Å². The predicted octanol–water partition coefficient (Wildman–Crippen LogP) is 2.11. The highest BCUT2D eigenvalue weighted by Crippen LogP contribution is 2.35. The zero-order chi connectivity index (χ0) is 20.2. The van der Waals surface area contributed by atoms with E-state index in [9.17, 15) is 22.0 Å². The Morgan fingerprint density at radius 1 is 1.07 bits per heavy atom. The van der Waals surface area contributed by atoms with Gasteiger partial charge >= 0.3 is 0 Å². The Labute approximate surface area is 161 Å². The third-order valence-electron chi connectivity index (χ3n) is 5.22. The minimum atomic E-state index is -3.42. The highest BCUT2D eigenvalue weighted by atomic mass is 32.2. The minimum absolute atomic E-state index is 0.121. The van der Waals surface area contributed by atoms with Crippen molar-refractivity contribution in [3.8, 4) is 16.9 Å². The van der Waals surface area contributed by atoms with Gasteiger partial charge in [-0.1, -0.05) is 6.07 Å². The number of likely N-dealkylation sites (N-methyl/N-ethyl adjacent to an activating group) is 1. The normalized spacial score (nSPS) is 22.4. The molecule has 2 aliphatic rings. The van der Waals surface area contributed by atoms with Gasteiger partial charge in [0.05, 0.1) is 24.4 Å². The molecule has 0 aromatic heterocycles. The van der Waals surface area contributed by atoms with Gasteiger partial charge in [-0.25, -0.2) is 17.2 Å². The highest BCUT2D eigenvalue weighted by Gasteiger charge is 2.44. The number of hydrogen-bond donors (Lipinski definition) is 0. The first-order valence-corrected chi connectivity index (χ1v) is 10.5. The summed E-state index contributed by atoms with van der Waals surface area (Å²) < 4.78 is 58.4. The molecule has 0 spiro atoms. The van der Waals surface area contributed by atoms with Crippen LogP contribution in [0.2, 0.25) is 0 Å². The zero-order valence-corrected chi connectivity index (χ0v) is 16.0. The van der Waals surface area contributed by atoms with Gasteiger partial charge in [0.15, 0.2) is 0 Å². The van der Waals surface area contributed by atoms with Crippen molar-refractivity contribution in [3.63, 3.8) is 0 Å². The lowest BCUT2D eigenvalue weighted by Crippen LogP contribution is -2.44. The van der Waals surface area contributed by atoms with Gasteiger partial charge in [-0.05, 0) is 29.8 Å². The molecule has 2 atom stereocenters. The number of nitrogens with zero attached hydrogens (tertiary/aromatic N) is 2. The SMILES string of the molecule is CN1C(=O)c2ccc(-c3ccc(F)cc3F)cc2O[C@H]2CN(S(C)(=O)=O)C[C@H]21. The molecule has 2 aromatic carbocycles. The molecule has 0 radical (unpaired) electrons. The van der Waals surface area contributed by atoms with E-state index in [0.717, 1.165) is 18.4 Å². The summed E-state index contributed by atoms with van der Waals surface area (Å²) in [6.07, 6.45) is 0.571. The Morgan fingerprint density at radius 2 is 1.79 bits per heavy atom. The number of benzene rings is 2. The van der Waals surface area contributed by atoms with Crippen LogP contribution in [-0.4, -0.2) is 62.1 Å². The van der Waals surface area contributed by atoms with Gasteiger partial charge in [0.1, 0.15) is 23.5 Å². The smallest absolute Gasteiger partial charge is 0.257 e. The van der Waals surface area contributed by atoms with Crippen LogP contribution in [0.15, 0.2) is 36.4 Å². The summed E-state index contributed by atoms with van der Waals surface area (Å²) >= 11 is 0. The number of carbonyl (C=O) groups is 1. The summed E-state index contributed by atoms with van der Waals surface area (Å²) in [7, 11) is -1.81. The first-order chi connectivity index (χ1) is 13.1. The third kappa shape index (κ3) is 3.14. The molecular weight excluding hydrogens is 390 g/mol. The Bertz CT molecular complexity index is 1070. The molecule has 4 rings (SSSR count). The van der Waals surface area contributed by atoms with Crippen molar-refractivity contribution < 1.29 is 26.7 Å². The number of fused-ring (bicyclic) bond motifs is 2. The van der Waals surface area contributed by atoms with Gasteiger partial charge in [-0.3, -0.25) is 4.79 Å². The fourth-order valence-corrected chi connectivity index (χ4v) is 4.51. The number of amides is 1. The van der Waals surface area contributed by atoms with E-state index in [2.05, 4.69) is 0 Å². The molecule has 2 aromatic rings. The van der Waals surface area contributed by atoms with Gasteiger partial charge in [0, 0.05) is 25.2 Å². The molecule has 0 unspecified atom stereocenters. The molecule has 2 aliphatic heterocycles. The molecule has 2 heterocycles. The average Bonchev–Trinajstić information content (AvgIpc) is 3.01. The van der Waals surface area contributed by atoms with Crippen LogP contribution in [0.5, 0.6) is 5.75 Å². The van der Waals surface area contributed by atoms with Gasteiger partial charge in [0.25, 0.3) is 5.91 Å². The first kappa shape index (κ1) is 18.8. The van der Waals surface area contributed by atoms with Crippen LogP contribution in [0.1, 0.15) is 10.4 Å². The van der Waals surface area contributed by atoms with Crippen LogP contribution >= 0.6 is 0 Å². The summed E-state index contributed by atoms with van der Waals surface area (Å²) in [5, 5.41) is 0. The number of sulfonamides is 1. The Kier molecular flexibility index (Phi) is 4.39. The van der Waals surface area contributed by atoms with Crippen molar-refractivity contribution in [2.45, 2.75) is 12.1 Å². The number of ether oxygens (including phenoxy) is 1. The fraction of sp³-hybridized carbons (Fsp3) is 0.316. The summed E-state index contributed by atoms with van der Waals surface area (Å²) in [5.41, 5.74) is 0.927. The Morgan fingerprint density at radius 3 is 2.46 bits per heavy atom. The standard InChI is InChI=1S/C19H18F2N2O4S/c1-22-16-9-23(28(2,25)26)10-18(16)27-17-7-11(3-5-14(17)19(22)24)13-6-4-12(20)8-15(13)21/h3-8,16,18H,9-10H2,1-2H3/t16-,18+/m1/s1. The van der Waals surface area contributed by atoms with Crippen LogP contribution in [0.3, 0.4) is 0 Å². The topological polar surface area (TPSA) is 66.9 Å². The molecule has 1 amide bonds. The molecule has 6 nitrogen and oxygen atoms in total.